The van der Waals surface area contributed by atoms with Crippen LogP contribution in [0.3, 0.4) is 0 Å². The number of hydrogen-bond acceptors (Lipinski definition) is 3. The molecule has 1 aromatic rings. The van der Waals surface area contributed by atoms with E-state index < -0.39 is 4.92 Å². The van der Waals surface area contributed by atoms with Crippen molar-refractivity contribution in [2.24, 2.45) is 11.8 Å². The Balaban J connectivity index is 1.98. The van der Waals surface area contributed by atoms with Crippen molar-refractivity contribution < 1.29 is 4.92 Å². The summed E-state index contributed by atoms with van der Waals surface area (Å²) in [4.78, 5) is 10.4. The Bertz CT molecular complexity index is 493. The van der Waals surface area contributed by atoms with Gasteiger partial charge in [-0.3, -0.25) is 10.1 Å². The van der Waals surface area contributed by atoms with Gasteiger partial charge >= 0.3 is 0 Å². The van der Waals surface area contributed by atoms with Gasteiger partial charge in [0.25, 0.3) is 5.69 Å². The second-order valence-corrected chi connectivity index (χ2v) is 6.04. The molecular formula is C15H21ClN2O2. The minimum atomic E-state index is -0.433. The lowest BCUT2D eigenvalue weighted by molar-refractivity contribution is -0.384. The number of rotatable bonds is 5. The molecule has 5 heteroatoms. The number of nitrogens with zero attached hydrogens (tertiary/aromatic N) is 1. The monoisotopic (exact) mass is 296 g/mol. The molecule has 0 heterocycles. The van der Waals surface area contributed by atoms with Crippen LogP contribution in [0.1, 0.15) is 38.7 Å². The summed E-state index contributed by atoms with van der Waals surface area (Å²) in [6.45, 7) is 5.19. The topological polar surface area (TPSA) is 55.2 Å². The first-order valence-corrected chi connectivity index (χ1v) is 7.57. The zero-order valence-electron chi connectivity index (χ0n) is 11.9. The predicted molar refractivity (Wildman–Crippen MR) is 80.9 cm³/mol. The van der Waals surface area contributed by atoms with Crippen LogP contribution in [0.2, 0.25) is 5.02 Å². The van der Waals surface area contributed by atoms with E-state index in [0.717, 1.165) is 11.5 Å². The Morgan fingerprint density at radius 3 is 2.80 bits per heavy atom. The summed E-state index contributed by atoms with van der Waals surface area (Å²) in [5.74, 6) is 1.47. The van der Waals surface area contributed by atoms with Crippen LogP contribution in [-0.4, -0.2) is 11.0 Å². The van der Waals surface area contributed by atoms with Crippen molar-refractivity contribution in [3.63, 3.8) is 0 Å². The van der Waals surface area contributed by atoms with E-state index in [0.29, 0.717) is 18.5 Å². The zero-order valence-corrected chi connectivity index (χ0v) is 12.7. The maximum absolute atomic E-state index is 10.9. The Morgan fingerprint density at radius 2 is 2.20 bits per heavy atom. The van der Waals surface area contributed by atoms with Crippen LogP contribution in [-0.2, 0) is 6.54 Å². The molecule has 2 rings (SSSR count). The van der Waals surface area contributed by atoms with Gasteiger partial charge in [-0.2, -0.15) is 0 Å². The fourth-order valence-corrected chi connectivity index (χ4v) is 3.36. The Hall–Kier alpha value is -1.13. The van der Waals surface area contributed by atoms with Crippen molar-refractivity contribution in [2.75, 3.05) is 0 Å². The summed E-state index contributed by atoms with van der Waals surface area (Å²) in [6, 6.07) is 5.52. The highest BCUT2D eigenvalue weighted by Crippen LogP contribution is 2.34. The molecule has 1 aromatic carbocycles. The van der Waals surface area contributed by atoms with E-state index in [1.165, 1.54) is 19.3 Å². The van der Waals surface area contributed by atoms with Crippen molar-refractivity contribution >= 4 is 17.3 Å². The molecule has 110 valence electrons. The molecule has 3 atom stereocenters. The van der Waals surface area contributed by atoms with Crippen LogP contribution in [0.25, 0.3) is 0 Å². The maximum Gasteiger partial charge on any atom is 0.288 e. The second-order valence-electron chi connectivity index (χ2n) is 5.64. The number of nitro groups is 1. The van der Waals surface area contributed by atoms with Crippen LogP contribution < -0.4 is 5.32 Å². The molecule has 1 fully saturated rings. The number of benzene rings is 1. The van der Waals surface area contributed by atoms with E-state index in [1.54, 1.807) is 12.1 Å². The Kier molecular flexibility index (Phi) is 5.00. The summed E-state index contributed by atoms with van der Waals surface area (Å²) in [5, 5.41) is 14.6. The quantitative estimate of drug-likeness (QED) is 0.655. The molecule has 0 spiro atoms. The maximum atomic E-state index is 10.9. The van der Waals surface area contributed by atoms with E-state index in [1.807, 2.05) is 6.07 Å². The lowest BCUT2D eigenvalue weighted by Gasteiger charge is -2.21. The largest absolute Gasteiger partial charge is 0.310 e. The third kappa shape index (κ3) is 3.30. The number of halogens is 1. The van der Waals surface area contributed by atoms with E-state index in [9.17, 15) is 10.1 Å². The van der Waals surface area contributed by atoms with Gasteiger partial charge in [0.15, 0.2) is 0 Å². The average Bonchev–Trinajstić information content (AvgIpc) is 2.78. The van der Waals surface area contributed by atoms with Gasteiger partial charge in [0.05, 0.1) is 4.92 Å². The van der Waals surface area contributed by atoms with E-state index in [-0.39, 0.29) is 10.7 Å². The molecule has 1 N–H and O–H groups in total. The van der Waals surface area contributed by atoms with E-state index in [2.05, 4.69) is 19.2 Å². The molecule has 1 aliphatic carbocycles. The summed E-state index contributed by atoms with van der Waals surface area (Å²) >= 11 is 5.82. The molecule has 4 nitrogen and oxygen atoms in total. The van der Waals surface area contributed by atoms with Crippen molar-refractivity contribution in [3.05, 3.63) is 38.9 Å². The third-order valence-corrected chi connectivity index (χ3v) is 4.85. The third-order valence-electron chi connectivity index (χ3n) is 4.53. The summed E-state index contributed by atoms with van der Waals surface area (Å²) in [6.07, 6.45) is 3.69. The van der Waals surface area contributed by atoms with Crippen molar-refractivity contribution in [2.45, 2.75) is 45.7 Å². The van der Waals surface area contributed by atoms with Crippen molar-refractivity contribution in [1.29, 1.82) is 0 Å². The molecule has 0 saturated heterocycles. The highest BCUT2D eigenvalue weighted by molar-refractivity contribution is 6.32. The highest BCUT2D eigenvalue weighted by Gasteiger charge is 2.30. The van der Waals surface area contributed by atoms with Crippen LogP contribution in [0.15, 0.2) is 18.2 Å². The van der Waals surface area contributed by atoms with Crippen molar-refractivity contribution in [1.82, 2.24) is 5.32 Å². The van der Waals surface area contributed by atoms with Crippen LogP contribution in [0.4, 0.5) is 5.69 Å². The van der Waals surface area contributed by atoms with Crippen LogP contribution >= 0.6 is 11.6 Å². The SMILES string of the molecule is CCC1CCC(NCc2ccc(Cl)c([N+](=O)[O-])c2)C1C. The fourth-order valence-electron chi connectivity index (χ4n) is 3.17. The lowest BCUT2D eigenvalue weighted by Crippen LogP contribution is -2.32. The lowest BCUT2D eigenvalue weighted by atomic mass is 9.93. The number of hydrogen-bond donors (Lipinski definition) is 1. The molecule has 3 unspecified atom stereocenters. The zero-order chi connectivity index (χ0) is 14.7. The summed E-state index contributed by atoms with van der Waals surface area (Å²) in [7, 11) is 0. The van der Waals surface area contributed by atoms with E-state index >= 15 is 0 Å². The molecule has 0 aliphatic heterocycles. The Morgan fingerprint density at radius 1 is 1.45 bits per heavy atom. The van der Waals surface area contributed by atoms with Crippen LogP contribution in [0, 0.1) is 22.0 Å². The molecule has 20 heavy (non-hydrogen) atoms. The first-order chi connectivity index (χ1) is 9.52. The van der Waals surface area contributed by atoms with Gasteiger partial charge in [-0.1, -0.05) is 37.9 Å². The van der Waals surface area contributed by atoms with Gasteiger partial charge in [-0.05, 0) is 36.3 Å². The van der Waals surface area contributed by atoms with Gasteiger partial charge in [-0.25, -0.2) is 0 Å². The standard InChI is InChI=1S/C15H21ClN2O2/c1-3-12-5-7-14(10(12)2)17-9-11-4-6-13(16)15(8-11)18(19)20/h4,6,8,10,12,14,17H,3,5,7,9H2,1-2H3. The molecule has 0 amide bonds. The fraction of sp³-hybridized carbons (Fsp3) is 0.600. The molecule has 0 bridgehead atoms. The van der Waals surface area contributed by atoms with E-state index in [4.69, 9.17) is 11.6 Å². The minimum Gasteiger partial charge on any atom is -0.310 e. The minimum absolute atomic E-state index is 0.0168. The smallest absolute Gasteiger partial charge is 0.288 e. The molecular weight excluding hydrogens is 276 g/mol. The first kappa shape index (κ1) is 15.3. The normalized spacial score (nSPS) is 25.9. The molecule has 1 saturated carbocycles. The van der Waals surface area contributed by atoms with Gasteiger partial charge in [-0.15, -0.1) is 0 Å². The summed E-state index contributed by atoms with van der Waals surface area (Å²) in [5.41, 5.74) is 0.894. The molecule has 0 aromatic heterocycles. The Labute approximate surface area is 124 Å². The van der Waals surface area contributed by atoms with Gasteiger partial charge in [0.1, 0.15) is 5.02 Å². The molecule has 1 aliphatic rings. The summed E-state index contributed by atoms with van der Waals surface area (Å²) < 4.78 is 0. The number of nitrogens with one attached hydrogen (secondary N) is 1. The van der Waals surface area contributed by atoms with Gasteiger partial charge < -0.3 is 5.32 Å². The first-order valence-electron chi connectivity index (χ1n) is 7.19. The van der Waals surface area contributed by atoms with Crippen LogP contribution in [0.5, 0.6) is 0 Å². The van der Waals surface area contributed by atoms with Gasteiger partial charge in [0.2, 0.25) is 0 Å². The second kappa shape index (κ2) is 6.55. The average molecular weight is 297 g/mol. The molecule has 0 radical (unpaired) electrons. The van der Waals surface area contributed by atoms with Gasteiger partial charge in [0, 0.05) is 18.7 Å². The highest BCUT2D eigenvalue weighted by atomic mass is 35.5. The predicted octanol–water partition coefficient (Wildman–Crippen LogP) is 4.16. The van der Waals surface area contributed by atoms with Crippen molar-refractivity contribution in [3.8, 4) is 0 Å². The number of nitro benzene ring substituents is 1.